The number of carbonyl (C=O) groups excluding carboxylic acids is 2. The van der Waals surface area contributed by atoms with E-state index in [0.29, 0.717) is 11.1 Å². The highest BCUT2D eigenvalue weighted by molar-refractivity contribution is 7.82. The number of amides is 1. The molecular weight excluding hydrogens is 518 g/mol. The lowest BCUT2D eigenvalue weighted by molar-refractivity contribution is -0.0595. The smallest absolute Gasteiger partial charge is 0.400 e. The Balaban J connectivity index is 1.26. The summed E-state index contributed by atoms with van der Waals surface area (Å²) < 4.78 is 47.4. The largest absolute Gasteiger partial charge is 0.459 e. The molecule has 4 atom stereocenters. The Bertz CT molecular complexity index is 1610. The molecule has 13 nitrogen and oxygen atoms in total. The molecule has 0 radical (unpaired) electrons. The van der Waals surface area contributed by atoms with E-state index >= 15 is 0 Å². The molecule has 38 heavy (non-hydrogen) atoms. The zero-order valence-electron chi connectivity index (χ0n) is 19.4. The first-order valence-electron chi connectivity index (χ1n) is 11.4. The van der Waals surface area contributed by atoms with E-state index in [4.69, 9.17) is 17.8 Å². The van der Waals surface area contributed by atoms with Crippen LogP contribution in [0.25, 0.3) is 11.2 Å². The number of hydrogen-bond acceptors (Lipinski definition) is 11. The zero-order valence-corrected chi connectivity index (χ0v) is 20.2. The summed E-state index contributed by atoms with van der Waals surface area (Å²) in [6.45, 7) is -0.287. The highest BCUT2D eigenvalue weighted by Gasteiger charge is 2.57. The Morgan fingerprint density at radius 1 is 0.921 bits per heavy atom. The van der Waals surface area contributed by atoms with Gasteiger partial charge in [-0.15, -0.1) is 0 Å². The van der Waals surface area contributed by atoms with Crippen molar-refractivity contribution in [3.8, 4) is 0 Å². The summed E-state index contributed by atoms with van der Waals surface area (Å²) in [5, 5.41) is 2.71. The number of nitrogens with zero attached hydrogens (tertiary/aromatic N) is 4. The highest BCUT2D eigenvalue weighted by Crippen LogP contribution is 2.41. The first-order chi connectivity index (χ1) is 18.4. The number of imidazole rings is 1. The van der Waals surface area contributed by atoms with E-state index in [9.17, 15) is 18.0 Å². The van der Waals surface area contributed by atoms with Crippen LogP contribution in [0, 0.1) is 0 Å². The number of fused-ring (bicyclic) bond motifs is 2. The van der Waals surface area contributed by atoms with Crippen molar-refractivity contribution in [1.29, 1.82) is 0 Å². The third kappa shape index (κ3) is 4.50. The number of rotatable bonds is 6. The number of ether oxygens (including phenoxy) is 2. The van der Waals surface area contributed by atoms with Crippen LogP contribution >= 0.6 is 0 Å². The van der Waals surface area contributed by atoms with E-state index in [1.165, 1.54) is 17.2 Å². The van der Waals surface area contributed by atoms with Crippen molar-refractivity contribution in [3.05, 3.63) is 84.4 Å². The average Bonchev–Trinajstić information content (AvgIpc) is 3.59. The molecule has 6 rings (SSSR count). The molecule has 2 aliphatic heterocycles. The Kier molecular flexibility index (Phi) is 6.07. The highest BCUT2D eigenvalue weighted by atomic mass is 32.3. The third-order valence-corrected chi connectivity index (χ3v) is 6.95. The normalized spacial score (nSPS) is 23.7. The number of aromatic nitrogens is 4. The fraction of sp³-hybridized carbons (Fsp3) is 0.208. The number of carbonyl (C=O) groups is 2. The summed E-state index contributed by atoms with van der Waals surface area (Å²) in [4.78, 5) is 37.7. The van der Waals surface area contributed by atoms with Crippen molar-refractivity contribution in [2.75, 3.05) is 11.9 Å². The number of esters is 1. The fourth-order valence-electron chi connectivity index (χ4n) is 4.29. The molecule has 4 aromatic rings. The Morgan fingerprint density at radius 2 is 1.61 bits per heavy atom. The van der Waals surface area contributed by atoms with Gasteiger partial charge in [-0.3, -0.25) is 9.36 Å². The van der Waals surface area contributed by atoms with Crippen molar-refractivity contribution in [2.24, 2.45) is 0 Å². The predicted octanol–water partition coefficient (Wildman–Crippen LogP) is 1.86. The fourth-order valence-corrected chi connectivity index (χ4v) is 5.32. The van der Waals surface area contributed by atoms with Gasteiger partial charge < -0.3 is 14.8 Å². The summed E-state index contributed by atoms with van der Waals surface area (Å²) in [6, 6.07) is 16.9. The molecule has 14 heteroatoms. The summed E-state index contributed by atoms with van der Waals surface area (Å²) >= 11 is 0. The maximum absolute atomic E-state index is 12.6. The maximum Gasteiger partial charge on any atom is 0.400 e. The van der Waals surface area contributed by atoms with Crippen molar-refractivity contribution in [2.45, 2.75) is 24.5 Å². The Hall–Kier alpha value is -4.24. The minimum atomic E-state index is -4.31. The van der Waals surface area contributed by atoms with E-state index in [0.717, 1.165) is 0 Å². The van der Waals surface area contributed by atoms with Crippen molar-refractivity contribution < 1.29 is 35.8 Å². The summed E-state index contributed by atoms with van der Waals surface area (Å²) in [7, 11) is -4.31. The molecule has 4 heterocycles. The first-order valence-corrected chi connectivity index (χ1v) is 12.8. The van der Waals surface area contributed by atoms with E-state index < -0.39 is 46.8 Å². The van der Waals surface area contributed by atoms with Crippen LogP contribution in [0.1, 0.15) is 26.9 Å². The van der Waals surface area contributed by atoms with Crippen molar-refractivity contribution >= 4 is 39.3 Å². The molecule has 2 aliphatic rings. The van der Waals surface area contributed by atoms with E-state index in [-0.39, 0.29) is 23.6 Å². The zero-order chi connectivity index (χ0) is 26.3. The second kappa shape index (κ2) is 9.57. The molecule has 2 aromatic heterocycles. The van der Waals surface area contributed by atoms with Crippen LogP contribution < -0.4 is 5.32 Å². The lowest BCUT2D eigenvalue weighted by atomic mass is 10.1. The van der Waals surface area contributed by atoms with E-state index in [2.05, 4.69) is 20.3 Å². The topological polar surface area (TPSA) is 161 Å². The molecule has 0 unspecified atom stereocenters. The third-order valence-electron chi connectivity index (χ3n) is 6.03. The number of benzene rings is 2. The first kappa shape index (κ1) is 24.1. The van der Waals surface area contributed by atoms with Gasteiger partial charge in [0.1, 0.15) is 25.1 Å². The lowest BCUT2D eigenvalue weighted by Gasteiger charge is -2.18. The second-order valence-electron chi connectivity index (χ2n) is 8.43. The van der Waals surface area contributed by atoms with Gasteiger partial charge in [0.25, 0.3) is 5.91 Å². The number of hydrogen-bond donors (Lipinski definition) is 1. The monoisotopic (exact) mass is 537 g/mol. The molecule has 0 spiro atoms. The Morgan fingerprint density at radius 3 is 2.34 bits per heavy atom. The van der Waals surface area contributed by atoms with Crippen LogP contribution in [-0.2, 0) is 28.2 Å². The summed E-state index contributed by atoms with van der Waals surface area (Å²) in [6.07, 6.45) is -1.59. The van der Waals surface area contributed by atoms with Gasteiger partial charge in [-0.25, -0.2) is 28.1 Å². The molecule has 2 saturated heterocycles. The maximum atomic E-state index is 12.6. The minimum absolute atomic E-state index is 0.154. The molecule has 194 valence electrons. The predicted molar refractivity (Wildman–Crippen MR) is 129 cm³/mol. The summed E-state index contributed by atoms with van der Waals surface area (Å²) in [5.41, 5.74) is 1.26. The van der Waals surface area contributed by atoms with Crippen molar-refractivity contribution in [3.63, 3.8) is 0 Å². The molecule has 1 amide bonds. The quantitative estimate of drug-likeness (QED) is 0.357. The van der Waals surface area contributed by atoms with Crippen molar-refractivity contribution in [1.82, 2.24) is 19.5 Å². The molecule has 0 saturated carbocycles. The van der Waals surface area contributed by atoms with Crippen LogP contribution in [0.3, 0.4) is 0 Å². The lowest BCUT2D eigenvalue weighted by Crippen LogP contribution is -2.32. The SMILES string of the molecule is O=C(Nc1ncnc2c1ncn2[C@H]1O[C@@H](COC(=O)c2ccccc2)[C@H]2OS(=O)(=O)O[C@H]21)c1ccccc1. The number of nitrogens with one attached hydrogen (secondary N) is 1. The molecule has 0 aliphatic carbocycles. The van der Waals surface area contributed by atoms with Crippen LogP contribution in [-0.4, -0.2) is 64.7 Å². The van der Waals surface area contributed by atoms with Gasteiger partial charge in [0, 0.05) is 5.56 Å². The molecular formula is C24H19N5O8S. The average molecular weight is 538 g/mol. The summed E-state index contributed by atoms with van der Waals surface area (Å²) in [5.74, 6) is -0.839. The van der Waals surface area contributed by atoms with Crippen LogP contribution in [0.2, 0.25) is 0 Å². The van der Waals surface area contributed by atoms with Gasteiger partial charge in [-0.1, -0.05) is 36.4 Å². The van der Waals surface area contributed by atoms with E-state index in [1.807, 2.05) is 0 Å². The molecule has 1 N–H and O–H groups in total. The van der Waals surface area contributed by atoms with Gasteiger partial charge in [-0.05, 0) is 24.3 Å². The van der Waals surface area contributed by atoms with E-state index in [1.54, 1.807) is 60.7 Å². The van der Waals surface area contributed by atoms with Gasteiger partial charge in [0.15, 0.2) is 29.3 Å². The van der Waals surface area contributed by atoms with Gasteiger partial charge in [-0.2, -0.15) is 8.42 Å². The minimum Gasteiger partial charge on any atom is -0.459 e. The van der Waals surface area contributed by atoms with Gasteiger partial charge >= 0.3 is 16.4 Å². The molecule has 2 aromatic carbocycles. The standard InChI is InChI=1S/C24H19N5O8S/c30-22(14-7-3-1-4-8-14)28-20-17-21(26-12-25-20)29(13-27-17)23-19-18(36-38(32,33)37-19)16(35-23)11-34-24(31)15-9-5-2-6-10-15/h1-10,12-13,16,18-19,23H,11H2,(H,25,26,28,30)/t16-,18+,19+,23-/m0/s1. The van der Waals surface area contributed by atoms with Crippen LogP contribution in [0.5, 0.6) is 0 Å². The van der Waals surface area contributed by atoms with Gasteiger partial charge in [0.05, 0.1) is 11.9 Å². The second-order valence-corrected chi connectivity index (χ2v) is 9.63. The molecule has 2 fully saturated rings. The number of anilines is 1. The van der Waals surface area contributed by atoms with Crippen LogP contribution in [0.4, 0.5) is 5.82 Å². The Labute approximate surface area is 215 Å². The van der Waals surface area contributed by atoms with Gasteiger partial charge in [0.2, 0.25) is 0 Å². The van der Waals surface area contributed by atoms with Crippen LogP contribution in [0.15, 0.2) is 73.3 Å². The molecule has 0 bridgehead atoms.